The van der Waals surface area contributed by atoms with Gasteiger partial charge in [-0.1, -0.05) is 6.07 Å². The van der Waals surface area contributed by atoms with E-state index in [4.69, 9.17) is 11.6 Å². The predicted molar refractivity (Wildman–Crippen MR) is 63.4 cm³/mol. The van der Waals surface area contributed by atoms with Crippen molar-refractivity contribution in [3.63, 3.8) is 0 Å². The number of rotatable bonds is 1. The minimum Gasteiger partial charge on any atom is -0.133 e. The smallest absolute Gasteiger partial charge is 0.0580 e. The lowest BCUT2D eigenvalue weighted by Crippen LogP contribution is -1.79. The molecule has 0 atom stereocenters. The Balaban J connectivity index is 2.75. The molecule has 0 fully saturated rings. The van der Waals surface area contributed by atoms with Crippen molar-refractivity contribution in [1.29, 1.82) is 0 Å². The van der Waals surface area contributed by atoms with Gasteiger partial charge in [0.15, 0.2) is 0 Å². The maximum atomic E-state index is 5.79. The third kappa shape index (κ3) is 1.71. The van der Waals surface area contributed by atoms with E-state index in [9.17, 15) is 0 Å². The van der Waals surface area contributed by atoms with E-state index >= 15 is 0 Å². The topological polar surface area (TPSA) is 0 Å². The lowest BCUT2D eigenvalue weighted by atomic mass is 10.1. The molecule has 68 valence electrons. The van der Waals surface area contributed by atoms with Crippen LogP contribution in [0.5, 0.6) is 0 Å². The first-order chi connectivity index (χ1) is 6.20. The van der Waals surface area contributed by atoms with E-state index in [1.165, 1.54) is 21.2 Å². The molecule has 0 unspecified atom stereocenters. The van der Waals surface area contributed by atoms with Crippen molar-refractivity contribution in [1.82, 2.24) is 0 Å². The Bertz CT molecular complexity index is 445. The molecule has 0 saturated carbocycles. The highest BCUT2D eigenvalue weighted by molar-refractivity contribution is 7.83. The van der Waals surface area contributed by atoms with Crippen LogP contribution in [0.1, 0.15) is 11.1 Å². The third-order valence-electron chi connectivity index (χ3n) is 2.05. The zero-order chi connectivity index (χ0) is 9.42. The van der Waals surface area contributed by atoms with Gasteiger partial charge >= 0.3 is 0 Å². The van der Waals surface area contributed by atoms with Gasteiger partial charge in [-0.2, -0.15) is 0 Å². The predicted octanol–water partition coefficient (Wildman–Crippen LogP) is 4.24. The maximum absolute atomic E-state index is 5.79. The lowest BCUT2D eigenvalue weighted by molar-refractivity contribution is 1.39. The van der Waals surface area contributed by atoms with Gasteiger partial charge in [-0.15, -0.1) is 35.6 Å². The second kappa shape index (κ2) is 3.52. The summed E-state index contributed by atoms with van der Waals surface area (Å²) in [4.78, 5) is 0. The lowest BCUT2D eigenvalue weighted by Gasteiger charge is -1.99. The molecule has 2 rings (SSSR count). The summed E-state index contributed by atoms with van der Waals surface area (Å²) in [5, 5.41) is 1.30. The van der Waals surface area contributed by atoms with Crippen LogP contribution >= 0.6 is 35.6 Å². The molecule has 1 aromatic carbocycles. The Hall–Kier alpha value is -0.180. The molecule has 0 spiro atoms. The van der Waals surface area contributed by atoms with E-state index in [0.29, 0.717) is 5.88 Å². The number of aryl methyl sites for hydroxylation is 1. The molecule has 1 heterocycles. The number of halogens is 1. The summed E-state index contributed by atoms with van der Waals surface area (Å²) in [5.41, 5.74) is 2.46. The monoisotopic (exact) mass is 228 g/mol. The Morgan fingerprint density at radius 1 is 1.38 bits per heavy atom. The van der Waals surface area contributed by atoms with Crippen molar-refractivity contribution >= 4 is 45.7 Å². The summed E-state index contributed by atoms with van der Waals surface area (Å²) in [5.74, 6) is 0.580. The third-order valence-corrected chi connectivity index (χ3v) is 3.64. The number of thiol groups is 1. The number of alkyl halides is 1. The molecule has 2 aromatic rings. The Morgan fingerprint density at radius 2 is 2.15 bits per heavy atom. The summed E-state index contributed by atoms with van der Waals surface area (Å²) in [6.07, 6.45) is 0. The maximum Gasteiger partial charge on any atom is 0.0580 e. The van der Waals surface area contributed by atoms with Crippen molar-refractivity contribution in [2.45, 2.75) is 17.0 Å². The van der Waals surface area contributed by atoms with E-state index in [0.717, 1.165) is 4.21 Å². The van der Waals surface area contributed by atoms with E-state index in [1.54, 1.807) is 11.3 Å². The fourth-order valence-corrected chi connectivity index (χ4v) is 2.97. The summed E-state index contributed by atoms with van der Waals surface area (Å²) in [7, 11) is 0. The zero-order valence-electron chi connectivity index (χ0n) is 7.17. The molecule has 0 radical (unpaired) electrons. The van der Waals surface area contributed by atoms with Crippen LogP contribution in [0.15, 0.2) is 22.4 Å². The minimum atomic E-state index is 0.580. The molecule has 1 aromatic heterocycles. The number of benzene rings is 1. The van der Waals surface area contributed by atoms with Crippen LogP contribution in [0.4, 0.5) is 0 Å². The van der Waals surface area contributed by atoms with Crippen LogP contribution in [0.25, 0.3) is 10.1 Å². The van der Waals surface area contributed by atoms with E-state index in [2.05, 4.69) is 37.8 Å². The normalized spacial score (nSPS) is 11.0. The van der Waals surface area contributed by atoms with Crippen LogP contribution in [-0.2, 0) is 5.88 Å². The first kappa shape index (κ1) is 9.38. The van der Waals surface area contributed by atoms with Crippen LogP contribution < -0.4 is 0 Å². The standard InChI is InChI=1S/C10H9ClS2/c1-6-2-7(5-11)3-9-8(6)4-10(12)13-9/h2-4,12H,5H2,1H3. The summed E-state index contributed by atoms with van der Waals surface area (Å²) < 4.78 is 2.34. The van der Waals surface area contributed by atoms with Gasteiger partial charge in [0.2, 0.25) is 0 Å². The molecule has 0 amide bonds. The highest BCUT2D eigenvalue weighted by Crippen LogP contribution is 2.31. The van der Waals surface area contributed by atoms with Crippen LogP contribution in [0.2, 0.25) is 0 Å². The van der Waals surface area contributed by atoms with Crippen LogP contribution in [0.3, 0.4) is 0 Å². The molecule has 0 saturated heterocycles. The first-order valence-electron chi connectivity index (χ1n) is 3.98. The molecule has 0 N–H and O–H groups in total. The van der Waals surface area contributed by atoms with Crippen molar-refractivity contribution in [3.05, 3.63) is 29.3 Å². The molecule has 3 heteroatoms. The van der Waals surface area contributed by atoms with Gasteiger partial charge < -0.3 is 0 Å². The summed E-state index contributed by atoms with van der Waals surface area (Å²) in [6, 6.07) is 6.38. The number of hydrogen-bond acceptors (Lipinski definition) is 2. The molecule has 0 aliphatic rings. The molecule has 0 bridgehead atoms. The fourth-order valence-electron chi connectivity index (χ4n) is 1.45. The second-order valence-corrected chi connectivity index (χ2v) is 5.18. The molecular formula is C10H9ClS2. The summed E-state index contributed by atoms with van der Waals surface area (Å²) in [6.45, 7) is 2.11. The van der Waals surface area contributed by atoms with E-state index < -0.39 is 0 Å². The van der Waals surface area contributed by atoms with Gasteiger partial charge in [0.25, 0.3) is 0 Å². The van der Waals surface area contributed by atoms with Gasteiger partial charge in [0.05, 0.1) is 4.21 Å². The Morgan fingerprint density at radius 3 is 2.85 bits per heavy atom. The van der Waals surface area contributed by atoms with Crippen molar-refractivity contribution in [3.8, 4) is 0 Å². The molecule has 0 aliphatic heterocycles. The van der Waals surface area contributed by atoms with Crippen molar-refractivity contribution < 1.29 is 0 Å². The number of thiophene rings is 1. The quantitative estimate of drug-likeness (QED) is 0.548. The number of hydrogen-bond donors (Lipinski definition) is 1. The SMILES string of the molecule is Cc1cc(CCl)cc2sc(S)cc12. The molecular weight excluding hydrogens is 220 g/mol. The summed E-state index contributed by atoms with van der Waals surface area (Å²) >= 11 is 11.8. The van der Waals surface area contributed by atoms with Gasteiger partial charge in [-0.3, -0.25) is 0 Å². The zero-order valence-corrected chi connectivity index (χ0v) is 9.64. The average molecular weight is 229 g/mol. The fraction of sp³-hybridized carbons (Fsp3) is 0.200. The molecule has 0 nitrogen and oxygen atoms in total. The van der Waals surface area contributed by atoms with Gasteiger partial charge in [0.1, 0.15) is 0 Å². The van der Waals surface area contributed by atoms with Crippen molar-refractivity contribution in [2.24, 2.45) is 0 Å². The largest absolute Gasteiger partial charge is 0.133 e. The van der Waals surface area contributed by atoms with E-state index in [-0.39, 0.29) is 0 Å². The highest BCUT2D eigenvalue weighted by Gasteiger charge is 2.03. The van der Waals surface area contributed by atoms with Crippen LogP contribution in [-0.4, -0.2) is 0 Å². The van der Waals surface area contributed by atoms with Gasteiger partial charge in [0, 0.05) is 10.6 Å². The second-order valence-electron chi connectivity index (χ2n) is 3.04. The van der Waals surface area contributed by atoms with Crippen molar-refractivity contribution in [2.75, 3.05) is 0 Å². The van der Waals surface area contributed by atoms with E-state index in [1.807, 2.05) is 0 Å². The molecule has 13 heavy (non-hydrogen) atoms. The average Bonchev–Trinajstić information content (AvgIpc) is 2.46. The molecule has 0 aliphatic carbocycles. The van der Waals surface area contributed by atoms with Crippen LogP contribution in [0, 0.1) is 6.92 Å². The highest BCUT2D eigenvalue weighted by atomic mass is 35.5. The first-order valence-corrected chi connectivity index (χ1v) is 5.78. The van der Waals surface area contributed by atoms with Gasteiger partial charge in [-0.25, -0.2) is 0 Å². The van der Waals surface area contributed by atoms with Gasteiger partial charge in [-0.05, 0) is 35.6 Å². The Kier molecular flexibility index (Phi) is 2.54. The minimum absolute atomic E-state index is 0.580. The Labute approximate surface area is 91.9 Å². The number of fused-ring (bicyclic) bond motifs is 1.